The fraction of sp³-hybridized carbons (Fsp3) is 0.323. The average molecular weight is 608 g/mol. The van der Waals surface area contributed by atoms with Gasteiger partial charge in [-0.1, -0.05) is 60.8 Å². The molecule has 3 amide bonds. The molecule has 1 heterocycles. The van der Waals surface area contributed by atoms with E-state index in [2.05, 4.69) is 48.1 Å². The minimum absolute atomic E-state index is 0.0511. The Labute approximate surface area is 252 Å². The van der Waals surface area contributed by atoms with Gasteiger partial charge >= 0.3 is 12.4 Å². The number of amides is 3. The highest BCUT2D eigenvalue weighted by Crippen LogP contribution is 2.34. The minimum Gasteiger partial charge on any atom is -0.406 e. The number of aromatic amines is 1. The molecule has 10 nitrogen and oxygen atoms in total. The van der Waals surface area contributed by atoms with Crippen LogP contribution in [0.2, 0.25) is 0 Å². The number of anilines is 2. The van der Waals surface area contributed by atoms with Gasteiger partial charge in [-0.2, -0.15) is 5.21 Å². The third-order valence-corrected chi connectivity index (χ3v) is 7.61. The van der Waals surface area contributed by atoms with Crippen LogP contribution in [0, 0.1) is 0 Å². The molecule has 1 aliphatic carbocycles. The van der Waals surface area contributed by atoms with E-state index in [-0.39, 0.29) is 18.2 Å². The molecule has 13 heteroatoms. The Morgan fingerprint density at radius 3 is 2.27 bits per heavy atom. The van der Waals surface area contributed by atoms with Crippen molar-refractivity contribution < 1.29 is 27.5 Å². The van der Waals surface area contributed by atoms with E-state index < -0.39 is 24.3 Å². The first kappa shape index (κ1) is 30.5. The van der Waals surface area contributed by atoms with Crippen LogP contribution in [0.4, 0.5) is 29.6 Å². The van der Waals surface area contributed by atoms with E-state index in [1.807, 2.05) is 12.1 Å². The first-order valence-electron chi connectivity index (χ1n) is 14.3. The lowest BCUT2D eigenvalue weighted by molar-refractivity contribution is -0.274. The highest BCUT2D eigenvalue weighted by atomic mass is 19.4. The van der Waals surface area contributed by atoms with Crippen LogP contribution >= 0.6 is 0 Å². The van der Waals surface area contributed by atoms with Gasteiger partial charge in [0.1, 0.15) is 5.75 Å². The number of nitrogens with one attached hydrogen (secondary N) is 3. The number of ether oxygens (including phenoxy) is 1. The van der Waals surface area contributed by atoms with Gasteiger partial charge < -0.3 is 10.1 Å². The fourth-order valence-electron chi connectivity index (χ4n) is 5.28. The van der Waals surface area contributed by atoms with Crippen molar-refractivity contribution in [1.82, 2.24) is 25.9 Å². The standard InChI is InChI=1S/C31H32F3N7O3/c1-20(22-13-17-27(18-14-22)44-31(32,33)34)35-30(43)41(26-15-11-24(12-16-26)23-5-3-2-4-6-23)19-21-7-9-25(10-8-21)28(42)36-29-37-39-40-38-29/h7-18,20,23H,2-6,19H2,1H3,(H,35,43)(H2,36,37,38,39,40,42). The van der Waals surface area contributed by atoms with Gasteiger partial charge in [-0.25, -0.2) is 4.79 Å². The van der Waals surface area contributed by atoms with Crippen molar-refractivity contribution in [1.29, 1.82) is 0 Å². The summed E-state index contributed by atoms with van der Waals surface area (Å²) < 4.78 is 41.6. The molecule has 0 spiro atoms. The maximum absolute atomic E-state index is 13.7. The number of H-pyrrole nitrogens is 1. The SMILES string of the molecule is CC(NC(=O)N(Cc1ccc(C(=O)Nc2nn[nH]n2)cc1)c1ccc(C2CCCCC2)cc1)c1ccc(OC(F)(F)F)cc1. The summed E-state index contributed by atoms with van der Waals surface area (Å²) in [6.45, 7) is 1.95. The molecule has 1 aliphatic rings. The van der Waals surface area contributed by atoms with Crippen molar-refractivity contribution in [3.8, 4) is 5.75 Å². The highest BCUT2D eigenvalue weighted by Gasteiger charge is 2.31. The zero-order chi connectivity index (χ0) is 31.1. The molecule has 44 heavy (non-hydrogen) atoms. The zero-order valence-corrected chi connectivity index (χ0v) is 24.0. The summed E-state index contributed by atoms with van der Waals surface area (Å²) in [6.07, 6.45) is 1.21. The summed E-state index contributed by atoms with van der Waals surface area (Å²) in [5.74, 6) is -0.189. The lowest BCUT2D eigenvalue weighted by Crippen LogP contribution is -2.40. The number of halogens is 3. The number of benzene rings is 3. The molecule has 0 saturated heterocycles. The monoisotopic (exact) mass is 607 g/mol. The highest BCUT2D eigenvalue weighted by molar-refractivity contribution is 6.03. The van der Waals surface area contributed by atoms with Crippen molar-refractivity contribution >= 4 is 23.6 Å². The Balaban J connectivity index is 1.32. The van der Waals surface area contributed by atoms with Crippen molar-refractivity contribution in [2.24, 2.45) is 0 Å². The topological polar surface area (TPSA) is 125 Å². The third-order valence-electron chi connectivity index (χ3n) is 7.61. The predicted molar refractivity (Wildman–Crippen MR) is 157 cm³/mol. The number of hydrogen-bond donors (Lipinski definition) is 3. The predicted octanol–water partition coefficient (Wildman–Crippen LogP) is 6.88. The second-order valence-corrected chi connectivity index (χ2v) is 10.7. The number of carbonyl (C=O) groups excluding carboxylic acids is 2. The summed E-state index contributed by atoms with van der Waals surface area (Å²) in [5, 5.41) is 18.6. The van der Waals surface area contributed by atoms with Crippen LogP contribution in [0.25, 0.3) is 0 Å². The van der Waals surface area contributed by atoms with Gasteiger partial charge in [-0.15, -0.1) is 18.3 Å². The number of urea groups is 1. The summed E-state index contributed by atoms with van der Waals surface area (Å²) in [5.41, 5.74) is 3.69. The van der Waals surface area contributed by atoms with Crippen molar-refractivity contribution in [3.05, 3.63) is 95.1 Å². The van der Waals surface area contributed by atoms with Crippen LogP contribution in [-0.4, -0.2) is 38.9 Å². The zero-order valence-electron chi connectivity index (χ0n) is 24.0. The molecule has 3 aromatic carbocycles. The number of rotatable bonds is 9. The van der Waals surface area contributed by atoms with Gasteiger partial charge in [-0.05, 0) is 84.0 Å². The van der Waals surface area contributed by atoms with Gasteiger partial charge in [-0.3, -0.25) is 15.0 Å². The summed E-state index contributed by atoms with van der Waals surface area (Å²) in [7, 11) is 0. The second kappa shape index (κ2) is 13.6. The van der Waals surface area contributed by atoms with Gasteiger partial charge in [0.15, 0.2) is 0 Å². The van der Waals surface area contributed by atoms with E-state index in [0.29, 0.717) is 22.7 Å². The van der Waals surface area contributed by atoms with Gasteiger partial charge in [0.2, 0.25) is 0 Å². The van der Waals surface area contributed by atoms with E-state index in [9.17, 15) is 22.8 Å². The quantitative estimate of drug-likeness (QED) is 0.191. The number of tetrazole rings is 1. The molecule has 0 radical (unpaired) electrons. The molecule has 1 unspecified atom stereocenters. The van der Waals surface area contributed by atoms with Crippen molar-refractivity contribution in [3.63, 3.8) is 0 Å². The number of carbonyl (C=O) groups is 2. The molecule has 0 aliphatic heterocycles. The van der Waals surface area contributed by atoms with E-state index in [1.165, 1.54) is 49.1 Å². The molecule has 1 fully saturated rings. The average Bonchev–Trinajstić information content (AvgIpc) is 3.53. The lowest BCUT2D eigenvalue weighted by Gasteiger charge is -2.27. The fourth-order valence-corrected chi connectivity index (χ4v) is 5.28. The number of aromatic nitrogens is 4. The summed E-state index contributed by atoms with van der Waals surface area (Å²) in [4.78, 5) is 27.8. The van der Waals surface area contributed by atoms with E-state index in [4.69, 9.17) is 0 Å². The molecular weight excluding hydrogens is 575 g/mol. The maximum atomic E-state index is 13.7. The Morgan fingerprint density at radius 1 is 0.977 bits per heavy atom. The van der Waals surface area contributed by atoms with Crippen LogP contribution in [0.15, 0.2) is 72.8 Å². The molecule has 1 aromatic heterocycles. The molecule has 1 saturated carbocycles. The molecule has 3 N–H and O–H groups in total. The first-order chi connectivity index (χ1) is 21.1. The van der Waals surface area contributed by atoms with Gasteiger partial charge in [0, 0.05) is 11.3 Å². The van der Waals surface area contributed by atoms with E-state index >= 15 is 0 Å². The smallest absolute Gasteiger partial charge is 0.406 e. The Bertz CT molecular complexity index is 1520. The van der Waals surface area contributed by atoms with Gasteiger partial charge in [0.05, 0.1) is 12.6 Å². The van der Waals surface area contributed by atoms with Crippen LogP contribution in [0.3, 0.4) is 0 Å². The van der Waals surface area contributed by atoms with Gasteiger partial charge in [0.25, 0.3) is 11.9 Å². The van der Waals surface area contributed by atoms with Crippen LogP contribution < -0.4 is 20.3 Å². The largest absolute Gasteiger partial charge is 0.573 e. The van der Waals surface area contributed by atoms with Crippen LogP contribution in [0.1, 0.15) is 78.0 Å². The Kier molecular flexibility index (Phi) is 9.41. The Morgan fingerprint density at radius 2 is 1.66 bits per heavy atom. The van der Waals surface area contributed by atoms with Crippen LogP contribution in [0.5, 0.6) is 5.75 Å². The third kappa shape index (κ3) is 8.12. The lowest BCUT2D eigenvalue weighted by atomic mass is 9.84. The van der Waals surface area contributed by atoms with Crippen molar-refractivity contribution in [2.75, 3.05) is 10.2 Å². The van der Waals surface area contributed by atoms with E-state index in [0.717, 1.165) is 18.4 Å². The summed E-state index contributed by atoms with van der Waals surface area (Å²) in [6, 6.07) is 19.3. The normalized spacial score (nSPS) is 14.5. The van der Waals surface area contributed by atoms with E-state index in [1.54, 1.807) is 36.1 Å². The molecule has 1 atom stereocenters. The minimum atomic E-state index is -4.79. The Hall–Kier alpha value is -4.94. The molecular formula is C31H32F3N7O3. The maximum Gasteiger partial charge on any atom is 0.573 e. The first-order valence-corrected chi connectivity index (χ1v) is 14.3. The number of nitrogens with zero attached hydrogens (tertiary/aromatic N) is 4. The summed E-state index contributed by atoms with van der Waals surface area (Å²) >= 11 is 0. The van der Waals surface area contributed by atoms with Crippen molar-refractivity contribution in [2.45, 2.75) is 63.9 Å². The molecule has 5 rings (SSSR count). The number of alkyl halides is 3. The molecule has 4 aromatic rings. The second-order valence-electron chi connectivity index (χ2n) is 10.7. The molecule has 0 bridgehead atoms. The molecule has 230 valence electrons. The number of hydrogen-bond acceptors (Lipinski definition) is 6. The van der Waals surface area contributed by atoms with Crippen LogP contribution in [-0.2, 0) is 6.54 Å².